The molecular weight excluding hydrogens is 265 g/mol. The molecule has 1 heterocycles. The summed E-state index contributed by atoms with van der Waals surface area (Å²) >= 11 is 16.2. The molecule has 2 nitrogen and oxygen atoms in total. The van der Waals surface area contributed by atoms with Gasteiger partial charge in [0.05, 0.1) is 10.0 Å². The molecule has 0 aliphatic carbocycles. The van der Waals surface area contributed by atoms with Crippen molar-refractivity contribution >= 4 is 47.4 Å². The van der Waals surface area contributed by atoms with Crippen molar-refractivity contribution in [2.45, 2.75) is 18.6 Å². The van der Waals surface area contributed by atoms with Crippen LogP contribution < -0.4 is 4.90 Å². The van der Waals surface area contributed by atoms with E-state index in [0.29, 0.717) is 23.0 Å². The van der Waals surface area contributed by atoms with Crippen LogP contribution in [0.2, 0.25) is 10.0 Å². The Labute approximate surface area is 110 Å². The van der Waals surface area contributed by atoms with Crippen LogP contribution in [-0.2, 0) is 4.79 Å². The van der Waals surface area contributed by atoms with Crippen LogP contribution in [0.25, 0.3) is 0 Å². The summed E-state index contributed by atoms with van der Waals surface area (Å²) < 4.78 is 0. The van der Waals surface area contributed by atoms with E-state index in [4.69, 9.17) is 23.2 Å². The zero-order valence-corrected chi connectivity index (χ0v) is 11.1. The summed E-state index contributed by atoms with van der Waals surface area (Å²) in [6, 6.07) is 3.52. The van der Waals surface area contributed by atoms with E-state index < -0.39 is 0 Å². The molecule has 1 aromatic carbocycles. The summed E-state index contributed by atoms with van der Waals surface area (Å²) in [5.74, 6) is 0.0847. The number of hydrogen-bond donors (Lipinski definition) is 1. The summed E-state index contributed by atoms with van der Waals surface area (Å²) in [6.45, 7) is 2.54. The second-order valence-electron chi connectivity index (χ2n) is 3.92. The number of carbonyl (C=O) groups excluding carboxylic acids is 1. The van der Waals surface area contributed by atoms with Gasteiger partial charge in [-0.25, -0.2) is 0 Å². The maximum absolute atomic E-state index is 11.7. The average molecular weight is 276 g/mol. The van der Waals surface area contributed by atoms with Crippen molar-refractivity contribution in [2.75, 3.05) is 11.4 Å². The number of nitrogens with zero attached hydrogens (tertiary/aromatic N) is 1. The summed E-state index contributed by atoms with van der Waals surface area (Å²) in [4.78, 5) is 13.5. The predicted molar refractivity (Wildman–Crippen MR) is 70.9 cm³/mol. The van der Waals surface area contributed by atoms with Crippen molar-refractivity contribution in [3.8, 4) is 0 Å². The quantitative estimate of drug-likeness (QED) is 0.780. The van der Waals surface area contributed by atoms with Gasteiger partial charge >= 0.3 is 0 Å². The predicted octanol–water partition coefficient (Wildman–Crippen LogP) is 3.34. The molecule has 1 saturated heterocycles. The molecule has 1 unspecified atom stereocenters. The van der Waals surface area contributed by atoms with Crippen LogP contribution in [0.4, 0.5) is 5.69 Å². The van der Waals surface area contributed by atoms with Gasteiger partial charge in [0, 0.05) is 23.9 Å². The Morgan fingerprint density at radius 3 is 2.56 bits per heavy atom. The highest BCUT2D eigenvalue weighted by Gasteiger charge is 2.29. The lowest BCUT2D eigenvalue weighted by Gasteiger charge is -2.19. The van der Waals surface area contributed by atoms with Gasteiger partial charge in [0.25, 0.3) is 0 Å². The van der Waals surface area contributed by atoms with Crippen LogP contribution >= 0.6 is 35.8 Å². The highest BCUT2D eigenvalue weighted by atomic mass is 35.5. The number of halogens is 2. The highest BCUT2D eigenvalue weighted by Crippen LogP contribution is 2.33. The molecule has 1 aliphatic heterocycles. The monoisotopic (exact) mass is 275 g/mol. The van der Waals surface area contributed by atoms with Gasteiger partial charge in [-0.05, 0) is 24.6 Å². The molecule has 16 heavy (non-hydrogen) atoms. The lowest BCUT2D eigenvalue weighted by molar-refractivity contribution is -0.117. The first kappa shape index (κ1) is 12.1. The smallest absolute Gasteiger partial charge is 0.228 e. The third-order valence-electron chi connectivity index (χ3n) is 2.63. The normalized spacial score (nSPS) is 20.6. The molecule has 1 fully saturated rings. The Hall–Kier alpha value is -0.380. The molecule has 0 radical (unpaired) electrons. The molecule has 0 spiro atoms. The number of benzene rings is 1. The van der Waals surface area contributed by atoms with Crippen molar-refractivity contribution in [3.05, 3.63) is 27.7 Å². The molecule has 5 heteroatoms. The van der Waals surface area contributed by atoms with Gasteiger partial charge in [0.2, 0.25) is 5.91 Å². The van der Waals surface area contributed by atoms with Crippen molar-refractivity contribution in [1.29, 1.82) is 0 Å². The minimum Gasteiger partial charge on any atom is -0.311 e. The molecule has 2 rings (SSSR count). The van der Waals surface area contributed by atoms with Crippen LogP contribution in [-0.4, -0.2) is 17.7 Å². The molecule has 0 N–H and O–H groups in total. The molecule has 0 bridgehead atoms. The summed E-state index contributed by atoms with van der Waals surface area (Å²) in [5.41, 5.74) is 1.78. The van der Waals surface area contributed by atoms with Gasteiger partial charge in [0.1, 0.15) is 0 Å². The third-order valence-corrected chi connectivity index (χ3v) is 3.70. The van der Waals surface area contributed by atoms with Gasteiger partial charge in [-0.2, -0.15) is 12.6 Å². The van der Waals surface area contributed by atoms with Crippen LogP contribution in [0.3, 0.4) is 0 Å². The van der Waals surface area contributed by atoms with E-state index in [-0.39, 0.29) is 11.2 Å². The van der Waals surface area contributed by atoms with Crippen molar-refractivity contribution in [2.24, 2.45) is 0 Å². The zero-order valence-electron chi connectivity index (χ0n) is 8.70. The van der Waals surface area contributed by atoms with Gasteiger partial charge in [-0.1, -0.05) is 23.2 Å². The number of thiol groups is 1. The Morgan fingerprint density at radius 2 is 2.00 bits per heavy atom. The lowest BCUT2D eigenvalue weighted by Crippen LogP contribution is -2.25. The standard InChI is InChI=1S/C11H11Cl2NOS/c1-6-2-8(12)9(13)4-10(6)14-5-7(16)3-11(14)15/h2,4,7,16H,3,5H2,1H3. The first-order valence-electron chi connectivity index (χ1n) is 4.93. The van der Waals surface area contributed by atoms with Crippen LogP contribution in [0.15, 0.2) is 12.1 Å². The maximum atomic E-state index is 11.7. The summed E-state index contributed by atoms with van der Waals surface area (Å²) in [7, 11) is 0. The Bertz CT molecular complexity index is 450. The van der Waals surface area contributed by atoms with Crippen molar-refractivity contribution < 1.29 is 4.79 Å². The van der Waals surface area contributed by atoms with Crippen LogP contribution in [0.1, 0.15) is 12.0 Å². The Kier molecular flexibility index (Phi) is 3.38. The molecular formula is C11H11Cl2NOS. The summed E-state index contributed by atoms with van der Waals surface area (Å²) in [5, 5.41) is 1.08. The SMILES string of the molecule is Cc1cc(Cl)c(Cl)cc1N1CC(S)CC1=O. The third kappa shape index (κ3) is 2.17. The number of hydrogen-bond acceptors (Lipinski definition) is 2. The van der Waals surface area contributed by atoms with E-state index in [1.54, 1.807) is 17.0 Å². The minimum atomic E-state index is 0.0847. The van der Waals surface area contributed by atoms with Crippen LogP contribution in [0.5, 0.6) is 0 Å². The van der Waals surface area contributed by atoms with E-state index in [1.165, 1.54) is 0 Å². The molecule has 1 aliphatic rings. The van der Waals surface area contributed by atoms with E-state index >= 15 is 0 Å². The fraction of sp³-hybridized carbons (Fsp3) is 0.364. The maximum Gasteiger partial charge on any atom is 0.228 e. The topological polar surface area (TPSA) is 20.3 Å². The van der Waals surface area contributed by atoms with E-state index in [2.05, 4.69) is 12.6 Å². The molecule has 0 aromatic heterocycles. The van der Waals surface area contributed by atoms with Gasteiger partial charge in [0.15, 0.2) is 0 Å². The average Bonchev–Trinajstić information content (AvgIpc) is 2.51. The minimum absolute atomic E-state index is 0.0847. The lowest BCUT2D eigenvalue weighted by atomic mass is 10.2. The van der Waals surface area contributed by atoms with Crippen LogP contribution in [0, 0.1) is 6.92 Å². The number of amides is 1. The molecule has 1 atom stereocenters. The Morgan fingerprint density at radius 1 is 1.38 bits per heavy atom. The van der Waals surface area contributed by atoms with E-state index in [0.717, 1.165) is 11.3 Å². The van der Waals surface area contributed by atoms with E-state index in [9.17, 15) is 4.79 Å². The Balaban J connectivity index is 2.41. The van der Waals surface area contributed by atoms with E-state index in [1.807, 2.05) is 6.92 Å². The summed E-state index contributed by atoms with van der Waals surface area (Å²) in [6.07, 6.45) is 0.475. The van der Waals surface area contributed by atoms with Gasteiger partial charge in [-0.3, -0.25) is 4.79 Å². The van der Waals surface area contributed by atoms with Gasteiger partial charge < -0.3 is 4.90 Å². The molecule has 1 amide bonds. The number of aryl methyl sites for hydroxylation is 1. The first-order chi connectivity index (χ1) is 7.49. The largest absolute Gasteiger partial charge is 0.311 e. The number of carbonyl (C=O) groups is 1. The molecule has 0 saturated carbocycles. The molecule has 1 aromatic rings. The highest BCUT2D eigenvalue weighted by molar-refractivity contribution is 7.81. The van der Waals surface area contributed by atoms with Gasteiger partial charge in [-0.15, -0.1) is 0 Å². The molecule has 86 valence electrons. The zero-order chi connectivity index (χ0) is 11.9. The number of rotatable bonds is 1. The van der Waals surface area contributed by atoms with Crippen molar-refractivity contribution in [3.63, 3.8) is 0 Å². The van der Waals surface area contributed by atoms with Crippen molar-refractivity contribution in [1.82, 2.24) is 0 Å². The first-order valence-corrected chi connectivity index (χ1v) is 6.20. The number of anilines is 1. The second kappa shape index (κ2) is 4.47. The fourth-order valence-corrected chi connectivity index (χ4v) is 2.54. The fourth-order valence-electron chi connectivity index (χ4n) is 1.85. The second-order valence-corrected chi connectivity index (χ2v) is 5.46.